The van der Waals surface area contributed by atoms with Crippen molar-refractivity contribution >= 4 is 39.6 Å². The van der Waals surface area contributed by atoms with Gasteiger partial charge in [-0.2, -0.15) is 0 Å². The fourth-order valence-corrected chi connectivity index (χ4v) is 3.76. The van der Waals surface area contributed by atoms with Gasteiger partial charge in [0.2, 0.25) is 5.91 Å². The SMILES string of the molecule is CCC(C)NC(=O)CSc1nc2c3cc(OC)ccc3n(C)c2c(=O)n1C. The van der Waals surface area contributed by atoms with E-state index in [1.165, 1.54) is 16.3 Å². The number of carbonyl (C=O) groups excluding carboxylic acids is 1. The molecule has 0 aliphatic heterocycles. The zero-order valence-corrected chi connectivity index (χ0v) is 17.0. The number of methoxy groups -OCH3 is 1. The molecule has 0 aliphatic rings. The van der Waals surface area contributed by atoms with Gasteiger partial charge < -0.3 is 14.6 Å². The lowest BCUT2D eigenvalue weighted by Gasteiger charge is -2.12. The van der Waals surface area contributed by atoms with Crippen LogP contribution in [0.5, 0.6) is 5.75 Å². The second-order valence-electron chi connectivity index (χ2n) is 6.56. The van der Waals surface area contributed by atoms with Gasteiger partial charge in [-0.1, -0.05) is 18.7 Å². The number of aromatic nitrogens is 3. The summed E-state index contributed by atoms with van der Waals surface area (Å²) in [5.74, 6) is 0.854. The van der Waals surface area contributed by atoms with Gasteiger partial charge >= 0.3 is 0 Å². The minimum Gasteiger partial charge on any atom is -0.497 e. The van der Waals surface area contributed by atoms with Gasteiger partial charge in [0, 0.05) is 25.5 Å². The van der Waals surface area contributed by atoms with Gasteiger partial charge in [0.15, 0.2) is 5.16 Å². The zero-order valence-electron chi connectivity index (χ0n) is 16.2. The van der Waals surface area contributed by atoms with Gasteiger partial charge in [-0.05, 0) is 31.5 Å². The van der Waals surface area contributed by atoms with E-state index < -0.39 is 0 Å². The average Bonchev–Trinajstić information content (AvgIpc) is 2.94. The molecule has 27 heavy (non-hydrogen) atoms. The lowest BCUT2D eigenvalue weighted by molar-refractivity contribution is -0.119. The number of fused-ring (bicyclic) bond motifs is 3. The van der Waals surface area contributed by atoms with Crippen molar-refractivity contribution in [2.24, 2.45) is 14.1 Å². The fraction of sp³-hybridized carbons (Fsp3) is 0.421. The standard InChI is InChI=1S/C19H24N4O3S/c1-6-11(2)20-15(24)10-27-19-21-16-13-9-12(26-5)7-8-14(13)22(3)17(16)18(25)23(19)4/h7-9,11H,6,10H2,1-5H3,(H,20,24). The Balaban J connectivity index is 2.04. The molecule has 2 heterocycles. The van der Waals surface area contributed by atoms with E-state index in [9.17, 15) is 9.59 Å². The van der Waals surface area contributed by atoms with Gasteiger partial charge in [0.1, 0.15) is 16.8 Å². The summed E-state index contributed by atoms with van der Waals surface area (Å²) in [4.78, 5) is 29.7. The van der Waals surface area contributed by atoms with Crippen LogP contribution in [0.2, 0.25) is 0 Å². The molecule has 0 spiro atoms. The maximum absolute atomic E-state index is 12.9. The molecule has 0 aliphatic carbocycles. The van der Waals surface area contributed by atoms with Crippen molar-refractivity contribution in [3.8, 4) is 5.75 Å². The third-order valence-corrected chi connectivity index (χ3v) is 5.76. The molecule has 0 radical (unpaired) electrons. The molecule has 8 heteroatoms. The molecule has 2 aromatic heterocycles. The van der Waals surface area contributed by atoms with Crippen molar-refractivity contribution in [3.63, 3.8) is 0 Å². The van der Waals surface area contributed by atoms with Crippen LogP contribution in [0.25, 0.3) is 21.9 Å². The monoisotopic (exact) mass is 388 g/mol. The Hall–Kier alpha value is -2.48. The minimum absolute atomic E-state index is 0.0664. The second kappa shape index (κ2) is 7.64. The number of ether oxygens (including phenoxy) is 1. The highest BCUT2D eigenvalue weighted by Crippen LogP contribution is 2.29. The molecular formula is C19H24N4O3S. The summed E-state index contributed by atoms with van der Waals surface area (Å²) in [6.45, 7) is 3.98. The predicted molar refractivity (Wildman–Crippen MR) is 109 cm³/mol. The lowest BCUT2D eigenvalue weighted by Crippen LogP contribution is -2.33. The first-order valence-corrected chi connectivity index (χ1v) is 9.81. The predicted octanol–water partition coefficient (Wildman–Crippen LogP) is 2.44. The summed E-state index contributed by atoms with van der Waals surface area (Å²) in [6, 6.07) is 5.79. The van der Waals surface area contributed by atoms with E-state index in [1.54, 1.807) is 14.2 Å². The molecular weight excluding hydrogens is 364 g/mol. The molecule has 1 unspecified atom stereocenters. The van der Waals surface area contributed by atoms with Crippen LogP contribution in [-0.2, 0) is 18.9 Å². The Morgan fingerprint density at radius 2 is 2.07 bits per heavy atom. The summed E-state index contributed by atoms with van der Waals surface area (Å²) in [5, 5.41) is 4.30. The van der Waals surface area contributed by atoms with Gasteiger partial charge in [-0.25, -0.2) is 4.98 Å². The number of hydrogen-bond acceptors (Lipinski definition) is 5. The summed E-state index contributed by atoms with van der Waals surface area (Å²) in [6.07, 6.45) is 0.872. The van der Waals surface area contributed by atoms with E-state index in [0.717, 1.165) is 17.3 Å². The summed E-state index contributed by atoms with van der Waals surface area (Å²) in [5.41, 5.74) is 1.93. The van der Waals surface area contributed by atoms with Gasteiger partial charge in [-0.3, -0.25) is 14.2 Å². The van der Waals surface area contributed by atoms with Crippen molar-refractivity contribution in [1.82, 2.24) is 19.4 Å². The van der Waals surface area contributed by atoms with E-state index in [-0.39, 0.29) is 23.3 Å². The van der Waals surface area contributed by atoms with Crippen LogP contribution in [0, 0.1) is 0 Å². The minimum atomic E-state index is -0.137. The van der Waals surface area contributed by atoms with E-state index in [0.29, 0.717) is 21.9 Å². The molecule has 3 aromatic rings. The number of nitrogens with one attached hydrogen (secondary N) is 1. The maximum atomic E-state index is 12.9. The molecule has 0 bridgehead atoms. The molecule has 1 aromatic carbocycles. The largest absolute Gasteiger partial charge is 0.497 e. The molecule has 0 saturated heterocycles. The highest BCUT2D eigenvalue weighted by atomic mass is 32.2. The molecule has 3 rings (SSSR count). The Bertz CT molecular complexity index is 1070. The van der Waals surface area contributed by atoms with Gasteiger partial charge in [-0.15, -0.1) is 0 Å². The van der Waals surface area contributed by atoms with Gasteiger partial charge in [0.25, 0.3) is 5.56 Å². The van der Waals surface area contributed by atoms with Crippen molar-refractivity contribution in [1.29, 1.82) is 0 Å². The van der Waals surface area contributed by atoms with Crippen LogP contribution >= 0.6 is 11.8 Å². The van der Waals surface area contributed by atoms with Crippen LogP contribution in [0.1, 0.15) is 20.3 Å². The van der Waals surface area contributed by atoms with Crippen LogP contribution in [-0.4, -0.2) is 38.9 Å². The first kappa shape index (κ1) is 19.3. The number of benzene rings is 1. The quantitative estimate of drug-likeness (QED) is 0.518. The van der Waals surface area contributed by atoms with Crippen molar-refractivity contribution in [2.45, 2.75) is 31.5 Å². The van der Waals surface area contributed by atoms with Crippen molar-refractivity contribution in [3.05, 3.63) is 28.6 Å². The van der Waals surface area contributed by atoms with Crippen LogP contribution in [0.15, 0.2) is 28.2 Å². The Morgan fingerprint density at radius 3 is 2.74 bits per heavy atom. The summed E-state index contributed by atoms with van der Waals surface area (Å²) < 4.78 is 8.66. The summed E-state index contributed by atoms with van der Waals surface area (Å²) >= 11 is 1.26. The Morgan fingerprint density at radius 1 is 1.33 bits per heavy atom. The fourth-order valence-electron chi connectivity index (χ4n) is 2.98. The average molecular weight is 388 g/mol. The third kappa shape index (κ3) is 3.53. The Labute approximate surface area is 161 Å². The Kier molecular flexibility index (Phi) is 5.46. The number of hydrogen-bond donors (Lipinski definition) is 1. The maximum Gasteiger partial charge on any atom is 0.278 e. The van der Waals surface area contributed by atoms with E-state index in [4.69, 9.17) is 9.72 Å². The van der Waals surface area contributed by atoms with Crippen LogP contribution in [0.4, 0.5) is 0 Å². The smallest absolute Gasteiger partial charge is 0.278 e. The highest BCUT2D eigenvalue weighted by molar-refractivity contribution is 7.99. The number of thioether (sulfide) groups is 1. The first-order valence-electron chi connectivity index (χ1n) is 8.82. The highest BCUT2D eigenvalue weighted by Gasteiger charge is 2.18. The topological polar surface area (TPSA) is 78.2 Å². The summed E-state index contributed by atoms with van der Waals surface area (Å²) in [7, 11) is 5.14. The van der Waals surface area contributed by atoms with E-state index in [1.807, 2.05) is 43.7 Å². The molecule has 0 fully saturated rings. The second-order valence-corrected chi connectivity index (χ2v) is 7.51. The molecule has 7 nitrogen and oxygen atoms in total. The molecule has 1 atom stereocenters. The van der Waals surface area contributed by atoms with Crippen molar-refractivity contribution in [2.75, 3.05) is 12.9 Å². The number of aryl methyl sites for hydroxylation is 1. The number of amides is 1. The van der Waals surface area contributed by atoms with E-state index >= 15 is 0 Å². The molecule has 0 saturated carbocycles. The number of rotatable bonds is 6. The van der Waals surface area contributed by atoms with Gasteiger partial charge in [0.05, 0.1) is 18.4 Å². The number of carbonyl (C=O) groups is 1. The van der Waals surface area contributed by atoms with E-state index in [2.05, 4.69) is 5.32 Å². The molecule has 1 N–H and O–H groups in total. The first-order chi connectivity index (χ1) is 12.9. The molecule has 144 valence electrons. The van der Waals surface area contributed by atoms with Crippen LogP contribution in [0.3, 0.4) is 0 Å². The zero-order chi connectivity index (χ0) is 19.7. The van der Waals surface area contributed by atoms with Crippen LogP contribution < -0.4 is 15.6 Å². The normalized spacial score (nSPS) is 12.5. The third-order valence-electron chi connectivity index (χ3n) is 4.73. The molecule has 1 amide bonds. The number of nitrogens with zero attached hydrogens (tertiary/aromatic N) is 3. The lowest BCUT2D eigenvalue weighted by atomic mass is 10.2. The van der Waals surface area contributed by atoms with Crippen molar-refractivity contribution < 1.29 is 9.53 Å².